The van der Waals surface area contributed by atoms with Gasteiger partial charge in [-0.1, -0.05) is 87.0 Å². The Kier molecular flexibility index (Phi) is 31.6. The Labute approximate surface area is 785 Å². The molecule has 136 heavy (non-hydrogen) atoms. The second kappa shape index (κ2) is 43.1. The molecule has 0 spiro atoms. The van der Waals surface area contributed by atoms with Gasteiger partial charge in [-0.2, -0.15) is 0 Å². The number of halogens is 2. The molecule has 3 saturated heterocycles. The Balaban J connectivity index is 1.05. The monoisotopic (exact) mass is 1930 g/mol. The lowest BCUT2D eigenvalue weighted by atomic mass is 9.89. The summed E-state index contributed by atoms with van der Waals surface area (Å²) in [7, 11) is 1.53. The summed E-state index contributed by atoms with van der Waals surface area (Å²) >= 11 is 14.8. The maximum absolute atomic E-state index is 17.1. The number of aliphatic hydroxyl groups is 10. The highest BCUT2D eigenvalue weighted by molar-refractivity contribution is 6.32. The lowest BCUT2D eigenvalue weighted by Gasteiger charge is -2.44. The fourth-order valence-electron chi connectivity index (χ4n) is 16.9. The molecule has 9 aliphatic rings. The fourth-order valence-corrected chi connectivity index (χ4v) is 17.4. The molecule has 0 aliphatic carbocycles. The van der Waals surface area contributed by atoms with E-state index in [4.69, 9.17) is 71.6 Å². The number of ether oxygens (including phenoxy) is 9. The Morgan fingerprint density at radius 3 is 1.71 bits per heavy atom. The molecule has 730 valence electrons. The summed E-state index contributed by atoms with van der Waals surface area (Å²) in [4.78, 5) is 141. The van der Waals surface area contributed by atoms with Crippen molar-refractivity contribution in [1.82, 2.24) is 53.2 Å². The molecule has 9 amide bonds. The molecule has 0 aromatic heterocycles. The summed E-state index contributed by atoms with van der Waals surface area (Å²) < 4.78 is 58.1. The number of hydrogen-bond acceptors (Lipinski definition) is 34. The summed E-state index contributed by atoms with van der Waals surface area (Å²) in [6.45, 7) is 1.83. The summed E-state index contributed by atoms with van der Waals surface area (Å²) in [5.74, 6) is -17.7. The third-order valence-corrected chi connectivity index (χ3v) is 24.7. The van der Waals surface area contributed by atoms with Crippen molar-refractivity contribution >= 4 is 76.4 Å². The molecule has 0 saturated carbocycles. The van der Waals surface area contributed by atoms with Crippen LogP contribution in [0.25, 0.3) is 11.1 Å². The second-order valence-electron chi connectivity index (χ2n) is 34.2. The topological polar surface area (TPSA) is 666 Å². The molecule has 3 fully saturated rings. The zero-order valence-corrected chi connectivity index (χ0v) is 74.8. The number of hydrogen-bond donors (Lipinski definition) is 25. The number of nitrogens with two attached hydrogens (primary N) is 1. The van der Waals surface area contributed by atoms with Gasteiger partial charge in [0.1, 0.15) is 162 Å². The number of aliphatic hydroxyl groups excluding tert-OH is 10. The van der Waals surface area contributed by atoms with E-state index in [1.165, 1.54) is 37.4 Å². The predicted molar refractivity (Wildman–Crippen MR) is 472 cm³/mol. The van der Waals surface area contributed by atoms with Crippen LogP contribution >= 0.6 is 23.2 Å². The van der Waals surface area contributed by atoms with Gasteiger partial charge in [-0.05, 0) is 137 Å². The van der Waals surface area contributed by atoms with Crippen LogP contribution in [0.4, 0.5) is 0 Å². The number of nitrogens with one attached hydrogen (secondary N) is 10. The van der Waals surface area contributed by atoms with Gasteiger partial charge < -0.3 is 173 Å². The summed E-state index contributed by atoms with van der Waals surface area (Å²) in [6.07, 6.45) is -25.6. The van der Waals surface area contributed by atoms with Crippen molar-refractivity contribution in [3.8, 4) is 80.1 Å². The molecule has 7 aromatic carbocycles. The highest BCUT2D eigenvalue weighted by Crippen LogP contribution is 2.51. The van der Waals surface area contributed by atoms with Crippen LogP contribution in [0.15, 0.2) is 115 Å². The first kappa shape index (κ1) is 99.9. The van der Waals surface area contributed by atoms with Crippen molar-refractivity contribution in [1.29, 1.82) is 0 Å². The zero-order chi connectivity index (χ0) is 97.7. The van der Waals surface area contributed by atoms with Gasteiger partial charge in [0.15, 0.2) is 29.3 Å². The largest absolute Gasteiger partial charge is 0.508 e. The van der Waals surface area contributed by atoms with Crippen molar-refractivity contribution in [2.45, 2.75) is 206 Å². The maximum atomic E-state index is 17.1. The average molecular weight is 1940 g/mol. The van der Waals surface area contributed by atoms with Crippen LogP contribution in [-0.2, 0) is 68.5 Å². The number of likely N-dealkylation sites (N-methyl/N-ethyl adjacent to an activating group) is 1. The number of phenols is 4. The van der Waals surface area contributed by atoms with Gasteiger partial charge in [0, 0.05) is 56.1 Å². The Morgan fingerprint density at radius 2 is 1.07 bits per heavy atom. The minimum absolute atomic E-state index is 0.0307. The number of phenolic OH excluding ortho intramolecular Hbond substituents is 4. The molecule has 7 aromatic rings. The van der Waals surface area contributed by atoms with Gasteiger partial charge in [-0.3, -0.25) is 43.2 Å². The number of fused-ring (bicyclic) bond motifs is 14. The molecule has 17 bridgehead atoms. The number of rotatable bonds is 22. The molecule has 23 atom stereocenters. The van der Waals surface area contributed by atoms with E-state index in [1.807, 2.05) is 0 Å². The SMILES string of the molecule is CNCCNC(=O)[C@H]1NC(=O)[C@H]2NC(=O)[C@H](NC(=O)[C@@H]3NC(=O)[C@H]4NC(=O)[C@@H](Cc5ccc(c(Cl)c5)Oc5cc3cc(c5O[C@@H]3O[C@@H](CO)[C@@H](O)[C@H](O)[C@@H]3NC(=O)CCCCCCC(C)C)Oc3ccc(cc3Cl)[C@H]2O[C@@H]2O[C@@H](CO)[C@@H](O)[C@H](O)[C@@H]2NC(C)=O)NC(=O)[C@H](N)c2ccc(O)c(c2)Oc2cc(O)cc4c2)c2ccc(O)c(c2)-c2c(O[C@H]3O[C@H](CO)[C@@H](O)[C@@H](O)[C@@H]3O)cc(O)cc21. The third-order valence-electron chi connectivity index (χ3n) is 24.1. The van der Waals surface area contributed by atoms with Gasteiger partial charge in [-0.15, -0.1) is 0 Å². The van der Waals surface area contributed by atoms with E-state index in [2.05, 4.69) is 67.0 Å². The molecule has 0 radical (unpaired) electrons. The van der Waals surface area contributed by atoms with Crippen molar-refractivity contribution in [3.63, 3.8) is 0 Å². The van der Waals surface area contributed by atoms with Crippen molar-refractivity contribution < 1.29 is 157 Å². The predicted octanol–water partition coefficient (Wildman–Crippen LogP) is 0.271. The lowest BCUT2D eigenvalue weighted by molar-refractivity contribution is -0.284. The smallest absolute Gasteiger partial charge is 0.248 e. The first-order valence-corrected chi connectivity index (χ1v) is 44.4. The molecule has 9 heterocycles. The maximum Gasteiger partial charge on any atom is 0.248 e. The first-order valence-electron chi connectivity index (χ1n) is 43.7. The van der Waals surface area contributed by atoms with Crippen LogP contribution < -0.4 is 82.6 Å². The van der Waals surface area contributed by atoms with Crippen LogP contribution in [0.5, 0.6) is 69.0 Å². The Hall–Kier alpha value is -12.1. The molecule has 9 aliphatic heterocycles. The molecular weight excluding hydrogens is 1830 g/mol. The van der Waals surface area contributed by atoms with E-state index in [0.29, 0.717) is 18.8 Å². The molecule has 45 heteroatoms. The molecule has 26 N–H and O–H groups in total. The summed E-state index contributed by atoms with van der Waals surface area (Å²) in [5, 5.41) is 186. The molecular formula is C91H105Cl2N11O32. The normalized spacial score (nSPS) is 28.4. The second-order valence-corrected chi connectivity index (χ2v) is 35.1. The number of carbonyl (C=O) groups is 9. The molecule has 43 nitrogen and oxygen atoms in total. The minimum atomic E-state index is -2.52. The third kappa shape index (κ3) is 22.1. The lowest BCUT2D eigenvalue weighted by Crippen LogP contribution is -2.65. The van der Waals surface area contributed by atoms with Crippen LogP contribution in [0.3, 0.4) is 0 Å². The van der Waals surface area contributed by atoms with Gasteiger partial charge in [0.25, 0.3) is 0 Å². The van der Waals surface area contributed by atoms with Gasteiger partial charge in [-0.25, -0.2) is 0 Å². The van der Waals surface area contributed by atoms with E-state index in [9.17, 15) is 85.9 Å². The number of unbranched alkanes of at least 4 members (excludes halogenated alkanes) is 3. The molecule has 16 rings (SSSR count). The van der Waals surface area contributed by atoms with Crippen molar-refractivity contribution in [3.05, 3.63) is 164 Å². The Bertz CT molecular complexity index is 5650. The highest BCUT2D eigenvalue weighted by Gasteiger charge is 2.52. The number of benzene rings is 7. The van der Waals surface area contributed by atoms with Crippen LogP contribution in [0.1, 0.15) is 135 Å². The highest BCUT2D eigenvalue weighted by atomic mass is 35.5. The van der Waals surface area contributed by atoms with E-state index in [1.54, 1.807) is 0 Å². The van der Waals surface area contributed by atoms with E-state index < -0.39 is 304 Å². The van der Waals surface area contributed by atoms with Crippen LogP contribution in [0, 0.1) is 5.92 Å². The van der Waals surface area contributed by atoms with Gasteiger partial charge in [0.05, 0.1) is 29.9 Å². The van der Waals surface area contributed by atoms with Crippen molar-refractivity contribution in [2.75, 3.05) is 40.0 Å². The quantitative estimate of drug-likeness (QED) is 0.0405. The van der Waals surface area contributed by atoms with E-state index in [0.717, 1.165) is 111 Å². The first-order chi connectivity index (χ1) is 64.9. The summed E-state index contributed by atoms with van der Waals surface area (Å²) in [5.41, 5.74) is 3.38. The standard InChI is InChI=1S/C91H105Cl2N11O32/c1-36(2)9-7-5-6-8-10-63(113)99-71-77(118)74(115)61(34-106)133-90(71)136-81-58-28-43-29-59(81)130-55-18-14-41(26-50(55)93)80(135-89-70(97-37(3)108)76(117)73(114)60(33-105)132-89)72-88(127)103-69(84(123)96-20-19-95-4)48-31-45(110)32-57(131-91-79(120)78(119)75(116)62(35-107)134-91)64(48)47-25-40(13-15-52(47)111)66(85(124)104-72)101-87(126)68(43)102-86(125)67-42-23-44(109)30-46(24-42)128-56-27-39(12-16-53(56)112)65(94)83(122)98-51(82(121)100-67)22-38-11-17-54(129-58)49(92)21-38/h11-18,21,23-32,36,51,60-62,65-80,89-91,95,105-107,109-112,114-120H,5-10,19-20,22,33-35,94H2,1-4H3,(H,96,123)(H,97,108)(H,98,122)(H,99,113)(H,100,121)(H,101,126)(H,102,125)(H,103,127)(H,104,124)/t51-,60+,61+,62-,65-,66-,67+,68-,69+,70+,71+,72+,73-,74-,75-,76-,77-,78-,79+,80-,89+,90+,91+/m1/s1. The van der Waals surface area contributed by atoms with Gasteiger partial charge in [0.2, 0.25) is 71.5 Å². The number of carbonyl (C=O) groups excluding carboxylic acids is 9. The van der Waals surface area contributed by atoms with Crippen LogP contribution in [0.2, 0.25) is 10.0 Å². The Morgan fingerprint density at radius 1 is 0.507 bits per heavy atom. The van der Waals surface area contributed by atoms with Crippen LogP contribution in [-0.4, -0.2) is 269 Å². The van der Waals surface area contributed by atoms with Crippen molar-refractivity contribution in [2.24, 2.45) is 11.7 Å². The zero-order valence-electron chi connectivity index (χ0n) is 73.3. The fraction of sp³-hybridized carbons (Fsp3) is 0.440. The van der Waals surface area contributed by atoms with E-state index >= 15 is 28.8 Å². The minimum Gasteiger partial charge on any atom is -0.508 e. The number of amides is 9. The molecule has 0 unspecified atom stereocenters. The van der Waals surface area contributed by atoms with E-state index in [-0.39, 0.29) is 64.0 Å². The summed E-state index contributed by atoms with van der Waals surface area (Å²) in [6, 6.07) is 1.85. The average Bonchev–Trinajstić information content (AvgIpc) is 0.753. The number of aromatic hydroxyl groups is 4. The van der Waals surface area contributed by atoms with Gasteiger partial charge >= 0.3 is 0 Å².